The summed E-state index contributed by atoms with van der Waals surface area (Å²) in [6, 6.07) is -0.397. The zero-order valence-corrected chi connectivity index (χ0v) is 7.89. The number of urea groups is 1. The minimum absolute atomic E-state index is 0.0654. The standard InChI is InChI=1S/C9H18N2O/c1-7-5-3-4-6-9(7,2)11-8(10)12/h7H,3-6H2,1-2H3,(H3,10,11,12). The maximum Gasteiger partial charge on any atom is 0.312 e. The Morgan fingerprint density at radius 3 is 2.75 bits per heavy atom. The van der Waals surface area contributed by atoms with E-state index in [-0.39, 0.29) is 5.54 Å². The quantitative estimate of drug-likeness (QED) is 0.617. The van der Waals surface area contributed by atoms with E-state index in [1.165, 1.54) is 19.3 Å². The van der Waals surface area contributed by atoms with Crippen molar-refractivity contribution in [2.75, 3.05) is 0 Å². The van der Waals surface area contributed by atoms with E-state index in [9.17, 15) is 4.79 Å². The summed E-state index contributed by atoms with van der Waals surface area (Å²) in [5.41, 5.74) is 5.06. The number of hydrogen-bond acceptors (Lipinski definition) is 1. The van der Waals surface area contributed by atoms with Crippen molar-refractivity contribution in [3.63, 3.8) is 0 Å². The maximum absolute atomic E-state index is 10.7. The third kappa shape index (κ3) is 1.90. The maximum atomic E-state index is 10.7. The summed E-state index contributed by atoms with van der Waals surface area (Å²) in [5.74, 6) is 0.541. The lowest BCUT2D eigenvalue weighted by Crippen LogP contribution is -2.53. The van der Waals surface area contributed by atoms with Gasteiger partial charge in [0.15, 0.2) is 0 Å². The molecular formula is C9H18N2O. The van der Waals surface area contributed by atoms with Gasteiger partial charge in [0, 0.05) is 5.54 Å². The Bertz CT molecular complexity index is 181. The molecule has 0 spiro atoms. The van der Waals surface area contributed by atoms with Crippen LogP contribution in [0.1, 0.15) is 39.5 Å². The normalized spacial score (nSPS) is 36.0. The highest BCUT2D eigenvalue weighted by atomic mass is 16.2. The van der Waals surface area contributed by atoms with Crippen LogP contribution in [0.25, 0.3) is 0 Å². The molecule has 70 valence electrons. The minimum Gasteiger partial charge on any atom is -0.352 e. The molecule has 0 saturated heterocycles. The molecule has 2 amide bonds. The second kappa shape index (κ2) is 3.33. The summed E-state index contributed by atoms with van der Waals surface area (Å²) in [6.07, 6.45) is 4.71. The topological polar surface area (TPSA) is 55.1 Å². The van der Waals surface area contributed by atoms with Crippen LogP contribution in [0.3, 0.4) is 0 Å². The first-order chi connectivity index (χ1) is 5.54. The monoisotopic (exact) mass is 170 g/mol. The number of nitrogens with one attached hydrogen (secondary N) is 1. The van der Waals surface area contributed by atoms with Crippen LogP contribution in [-0.4, -0.2) is 11.6 Å². The number of primary amides is 1. The first-order valence-electron chi connectivity index (χ1n) is 4.62. The molecule has 0 aromatic heterocycles. The number of amides is 2. The van der Waals surface area contributed by atoms with E-state index in [0.717, 1.165) is 6.42 Å². The van der Waals surface area contributed by atoms with Crippen LogP contribution in [0.4, 0.5) is 4.79 Å². The van der Waals surface area contributed by atoms with Gasteiger partial charge < -0.3 is 11.1 Å². The van der Waals surface area contributed by atoms with Gasteiger partial charge in [-0.3, -0.25) is 0 Å². The lowest BCUT2D eigenvalue weighted by atomic mass is 9.75. The second-order valence-electron chi connectivity index (χ2n) is 4.05. The fourth-order valence-corrected chi connectivity index (χ4v) is 1.97. The van der Waals surface area contributed by atoms with Crippen molar-refractivity contribution >= 4 is 6.03 Å². The van der Waals surface area contributed by atoms with E-state index in [4.69, 9.17) is 5.73 Å². The molecule has 3 N–H and O–H groups in total. The molecular weight excluding hydrogens is 152 g/mol. The molecule has 1 fully saturated rings. The third-order valence-electron chi connectivity index (χ3n) is 3.08. The van der Waals surface area contributed by atoms with Crippen molar-refractivity contribution in [1.29, 1.82) is 0 Å². The largest absolute Gasteiger partial charge is 0.352 e. The molecule has 0 bridgehead atoms. The lowest BCUT2D eigenvalue weighted by molar-refractivity contribution is 0.174. The minimum atomic E-state index is -0.397. The van der Waals surface area contributed by atoms with Crippen molar-refractivity contribution in [3.05, 3.63) is 0 Å². The van der Waals surface area contributed by atoms with E-state index in [2.05, 4.69) is 19.2 Å². The molecule has 0 aliphatic heterocycles. The highest BCUT2D eigenvalue weighted by Gasteiger charge is 2.34. The Morgan fingerprint density at radius 2 is 2.25 bits per heavy atom. The van der Waals surface area contributed by atoms with Crippen molar-refractivity contribution in [2.24, 2.45) is 11.7 Å². The van der Waals surface area contributed by atoms with Gasteiger partial charge in [0.25, 0.3) is 0 Å². The fourth-order valence-electron chi connectivity index (χ4n) is 1.97. The summed E-state index contributed by atoms with van der Waals surface area (Å²) in [6.45, 7) is 4.26. The van der Waals surface area contributed by atoms with Gasteiger partial charge in [-0.05, 0) is 25.7 Å². The van der Waals surface area contributed by atoms with Crippen molar-refractivity contribution in [2.45, 2.75) is 45.1 Å². The second-order valence-corrected chi connectivity index (χ2v) is 4.05. The zero-order valence-electron chi connectivity index (χ0n) is 7.89. The van der Waals surface area contributed by atoms with E-state index in [1.807, 2.05) is 0 Å². The van der Waals surface area contributed by atoms with Crippen molar-refractivity contribution in [3.8, 4) is 0 Å². The van der Waals surface area contributed by atoms with Gasteiger partial charge in [-0.2, -0.15) is 0 Å². The van der Waals surface area contributed by atoms with Gasteiger partial charge in [-0.1, -0.05) is 19.8 Å². The van der Waals surface area contributed by atoms with Gasteiger partial charge in [-0.25, -0.2) is 4.79 Å². The predicted molar refractivity (Wildman–Crippen MR) is 48.8 cm³/mol. The first-order valence-corrected chi connectivity index (χ1v) is 4.62. The number of carbonyl (C=O) groups is 1. The van der Waals surface area contributed by atoms with Gasteiger partial charge in [0.05, 0.1) is 0 Å². The number of carbonyl (C=O) groups excluding carboxylic acids is 1. The Labute approximate surface area is 73.7 Å². The summed E-state index contributed by atoms with van der Waals surface area (Å²) in [7, 11) is 0. The molecule has 3 heteroatoms. The average molecular weight is 170 g/mol. The molecule has 2 atom stereocenters. The number of rotatable bonds is 1. The Morgan fingerprint density at radius 1 is 1.58 bits per heavy atom. The smallest absolute Gasteiger partial charge is 0.312 e. The highest BCUT2D eigenvalue weighted by molar-refractivity contribution is 5.72. The number of nitrogens with two attached hydrogens (primary N) is 1. The third-order valence-corrected chi connectivity index (χ3v) is 3.08. The van der Waals surface area contributed by atoms with Gasteiger partial charge in [0.2, 0.25) is 0 Å². The molecule has 12 heavy (non-hydrogen) atoms. The van der Waals surface area contributed by atoms with E-state index in [0.29, 0.717) is 5.92 Å². The fraction of sp³-hybridized carbons (Fsp3) is 0.889. The van der Waals surface area contributed by atoms with Gasteiger partial charge >= 0.3 is 6.03 Å². The van der Waals surface area contributed by atoms with Crippen molar-refractivity contribution in [1.82, 2.24) is 5.32 Å². The molecule has 0 heterocycles. The summed E-state index contributed by atoms with van der Waals surface area (Å²) in [4.78, 5) is 10.7. The molecule has 0 radical (unpaired) electrons. The SMILES string of the molecule is CC1CCCCC1(C)NC(N)=O. The predicted octanol–water partition coefficient (Wildman–Crippen LogP) is 1.62. The molecule has 3 nitrogen and oxygen atoms in total. The van der Waals surface area contributed by atoms with Crippen LogP contribution in [0, 0.1) is 5.92 Å². The van der Waals surface area contributed by atoms with Crippen LogP contribution in [-0.2, 0) is 0 Å². The molecule has 1 aliphatic carbocycles. The average Bonchev–Trinajstić information content (AvgIpc) is 1.94. The van der Waals surface area contributed by atoms with Gasteiger partial charge in [-0.15, -0.1) is 0 Å². The summed E-state index contributed by atoms with van der Waals surface area (Å²) < 4.78 is 0. The molecule has 1 aliphatic rings. The molecule has 1 rings (SSSR count). The number of hydrogen-bond donors (Lipinski definition) is 2. The Balaban J connectivity index is 2.59. The van der Waals surface area contributed by atoms with E-state index >= 15 is 0 Å². The molecule has 2 unspecified atom stereocenters. The molecule has 0 aromatic carbocycles. The first kappa shape index (κ1) is 9.36. The summed E-state index contributed by atoms with van der Waals surface area (Å²) in [5, 5.41) is 2.85. The Kier molecular flexibility index (Phi) is 2.60. The lowest BCUT2D eigenvalue weighted by Gasteiger charge is -2.39. The van der Waals surface area contributed by atoms with Crippen LogP contribution in [0.15, 0.2) is 0 Å². The van der Waals surface area contributed by atoms with Crippen LogP contribution >= 0.6 is 0 Å². The van der Waals surface area contributed by atoms with Crippen LogP contribution in [0.2, 0.25) is 0 Å². The summed E-state index contributed by atoms with van der Waals surface area (Å²) >= 11 is 0. The Hall–Kier alpha value is -0.730. The van der Waals surface area contributed by atoms with E-state index < -0.39 is 6.03 Å². The van der Waals surface area contributed by atoms with Gasteiger partial charge in [0.1, 0.15) is 0 Å². The van der Waals surface area contributed by atoms with Crippen molar-refractivity contribution < 1.29 is 4.79 Å². The highest BCUT2D eigenvalue weighted by Crippen LogP contribution is 2.32. The zero-order chi connectivity index (χ0) is 9.19. The molecule has 0 aromatic rings. The molecule has 1 saturated carbocycles. The van der Waals surface area contributed by atoms with Crippen LogP contribution < -0.4 is 11.1 Å². The van der Waals surface area contributed by atoms with Crippen LogP contribution in [0.5, 0.6) is 0 Å². The van der Waals surface area contributed by atoms with E-state index in [1.54, 1.807) is 0 Å².